The SMILES string of the molecule is CCCNCc1nc(-c2ccccc2Br)cs1. The van der Waals surface area contributed by atoms with Crippen molar-refractivity contribution in [2.75, 3.05) is 6.54 Å². The van der Waals surface area contributed by atoms with Crippen molar-refractivity contribution >= 4 is 27.3 Å². The van der Waals surface area contributed by atoms with Gasteiger partial charge in [0.1, 0.15) is 5.01 Å². The molecule has 90 valence electrons. The lowest BCUT2D eigenvalue weighted by molar-refractivity contribution is 0.673. The second-order valence-electron chi connectivity index (χ2n) is 3.78. The van der Waals surface area contributed by atoms with Crippen LogP contribution < -0.4 is 5.32 Å². The summed E-state index contributed by atoms with van der Waals surface area (Å²) < 4.78 is 1.10. The van der Waals surface area contributed by atoms with Gasteiger partial charge in [0.05, 0.1) is 5.69 Å². The molecule has 0 aliphatic carbocycles. The van der Waals surface area contributed by atoms with Gasteiger partial charge in [-0.1, -0.05) is 41.1 Å². The fourth-order valence-corrected chi connectivity index (χ4v) is 2.81. The Bertz CT molecular complexity index is 482. The maximum atomic E-state index is 4.64. The van der Waals surface area contributed by atoms with E-state index in [1.165, 1.54) is 0 Å². The molecule has 2 rings (SSSR count). The Balaban J connectivity index is 2.10. The third-order valence-corrected chi connectivity index (χ3v) is 3.94. The lowest BCUT2D eigenvalue weighted by Gasteiger charge is -2.00. The summed E-state index contributed by atoms with van der Waals surface area (Å²) in [6.45, 7) is 4.08. The lowest BCUT2D eigenvalue weighted by Crippen LogP contribution is -2.13. The Morgan fingerprint density at radius 3 is 2.94 bits per heavy atom. The molecule has 0 bridgehead atoms. The maximum absolute atomic E-state index is 4.64. The van der Waals surface area contributed by atoms with Gasteiger partial charge in [0.2, 0.25) is 0 Å². The molecule has 0 fully saturated rings. The summed E-state index contributed by atoms with van der Waals surface area (Å²) >= 11 is 5.26. The number of halogens is 1. The second kappa shape index (κ2) is 6.28. The van der Waals surface area contributed by atoms with Crippen LogP contribution in [0.15, 0.2) is 34.1 Å². The number of aromatic nitrogens is 1. The van der Waals surface area contributed by atoms with Gasteiger partial charge in [-0.15, -0.1) is 11.3 Å². The van der Waals surface area contributed by atoms with Gasteiger partial charge in [0, 0.05) is 22.0 Å². The van der Waals surface area contributed by atoms with E-state index in [0.29, 0.717) is 0 Å². The van der Waals surface area contributed by atoms with Crippen LogP contribution in [-0.4, -0.2) is 11.5 Å². The molecule has 1 aromatic carbocycles. The zero-order valence-corrected chi connectivity index (χ0v) is 12.1. The van der Waals surface area contributed by atoms with Gasteiger partial charge in [-0.05, 0) is 19.0 Å². The van der Waals surface area contributed by atoms with Crippen LogP contribution in [0.25, 0.3) is 11.3 Å². The molecule has 0 saturated carbocycles. The molecular formula is C13H15BrN2S. The number of hydrogen-bond acceptors (Lipinski definition) is 3. The van der Waals surface area contributed by atoms with Crippen LogP contribution in [0.2, 0.25) is 0 Å². The fraction of sp³-hybridized carbons (Fsp3) is 0.308. The molecule has 0 aliphatic heterocycles. The normalized spacial score (nSPS) is 10.7. The Hall–Kier alpha value is -0.710. The molecule has 0 radical (unpaired) electrons. The van der Waals surface area contributed by atoms with E-state index in [2.05, 4.69) is 44.6 Å². The average Bonchev–Trinajstić information content (AvgIpc) is 2.79. The van der Waals surface area contributed by atoms with Gasteiger partial charge >= 0.3 is 0 Å². The number of nitrogens with zero attached hydrogens (tertiary/aromatic N) is 1. The molecule has 0 amide bonds. The zero-order valence-electron chi connectivity index (χ0n) is 9.74. The van der Waals surface area contributed by atoms with E-state index in [4.69, 9.17) is 0 Å². The van der Waals surface area contributed by atoms with Crippen molar-refractivity contribution in [2.24, 2.45) is 0 Å². The molecule has 0 aliphatic rings. The predicted octanol–water partition coefficient (Wildman–Crippen LogP) is 4.07. The summed E-state index contributed by atoms with van der Waals surface area (Å²) in [4.78, 5) is 4.64. The number of nitrogens with one attached hydrogen (secondary N) is 1. The molecule has 4 heteroatoms. The van der Waals surface area contributed by atoms with Crippen LogP contribution in [0.5, 0.6) is 0 Å². The van der Waals surface area contributed by atoms with Crippen LogP contribution in [-0.2, 0) is 6.54 Å². The van der Waals surface area contributed by atoms with Crippen LogP contribution in [0.4, 0.5) is 0 Å². The van der Waals surface area contributed by atoms with Gasteiger partial charge < -0.3 is 5.32 Å². The topological polar surface area (TPSA) is 24.9 Å². The van der Waals surface area contributed by atoms with Gasteiger partial charge in [0.15, 0.2) is 0 Å². The minimum Gasteiger partial charge on any atom is -0.310 e. The van der Waals surface area contributed by atoms with Crippen LogP contribution in [0.3, 0.4) is 0 Å². The highest BCUT2D eigenvalue weighted by Gasteiger charge is 2.06. The van der Waals surface area contributed by atoms with Gasteiger partial charge in [-0.25, -0.2) is 4.98 Å². The highest BCUT2D eigenvalue weighted by molar-refractivity contribution is 9.10. The Kier molecular flexibility index (Phi) is 4.71. The first-order valence-electron chi connectivity index (χ1n) is 5.71. The lowest BCUT2D eigenvalue weighted by atomic mass is 10.2. The van der Waals surface area contributed by atoms with Crippen molar-refractivity contribution in [3.8, 4) is 11.3 Å². The van der Waals surface area contributed by atoms with Crippen molar-refractivity contribution in [3.63, 3.8) is 0 Å². The minimum atomic E-state index is 0.864. The fourth-order valence-electron chi connectivity index (χ4n) is 1.56. The van der Waals surface area contributed by atoms with Gasteiger partial charge in [-0.3, -0.25) is 0 Å². The highest BCUT2D eigenvalue weighted by Crippen LogP contribution is 2.28. The van der Waals surface area contributed by atoms with Crippen molar-refractivity contribution in [3.05, 3.63) is 39.1 Å². The van der Waals surface area contributed by atoms with E-state index in [-0.39, 0.29) is 0 Å². The third-order valence-electron chi connectivity index (χ3n) is 2.40. The Morgan fingerprint density at radius 1 is 1.35 bits per heavy atom. The monoisotopic (exact) mass is 310 g/mol. The summed E-state index contributed by atoms with van der Waals surface area (Å²) in [5.41, 5.74) is 2.21. The van der Waals surface area contributed by atoms with E-state index >= 15 is 0 Å². The van der Waals surface area contributed by atoms with E-state index in [1.807, 2.05) is 18.2 Å². The van der Waals surface area contributed by atoms with Crippen molar-refractivity contribution < 1.29 is 0 Å². The molecule has 1 N–H and O–H groups in total. The largest absolute Gasteiger partial charge is 0.310 e. The predicted molar refractivity (Wildman–Crippen MR) is 77.2 cm³/mol. The first-order valence-corrected chi connectivity index (χ1v) is 7.38. The molecule has 0 atom stereocenters. The van der Waals surface area contributed by atoms with Crippen LogP contribution in [0.1, 0.15) is 18.4 Å². The standard InChI is InChI=1S/C13H15BrN2S/c1-2-7-15-8-13-16-12(9-17-13)10-5-3-4-6-11(10)14/h3-6,9,15H,2,7-8H2,1H3. The highest BCUT2D eigenvalue weighted by atomic mass is 79.9. The van der Waals surface area contributed by atoms with Crippen molar-refractivity contribution in [1.82, 2.24) is 10.3 Å². The molecule has 0 saturated heterocycles. The quantitative estimate of drug-likeness (QED) is 0.842. The molecular weight excluding hydrogens is 296 g/mol. The van der Waals surface area contributed by atoms with E-state index in [0.717, 1.165) is 40.2 Å². The first-order chi connectivity index (χ1) is 8.31. The molecule has 2 nitrogen and oxygen atoms in total. The summed E-state index contributed by atoms with van der Waals surface area (Å²) in [5, 5.41) is 6.62. The number of rotatable bonds is 5. The zero-order chi connectivity index (χ0) is 12.1. The summed E-state index contributed by atoms with van der Waals surface area (Å²) in [6.07, 6.45) is 1.16. The van der Waals surface area contributed by atoms with Crippen molar-refractivity contribution in [2.45, 2.75) is 19.9 Å². The molecule has 2 aromatic rings. The summed E-state index contributed by atoms with van der Waals surface area (Å²) in [7, 11) is 0. The van der Waals surface area contributed by atoms with Gasteiger partial charge in [0.25, 0.3) is 0 Å². The number of hydrogen-bond donors (Lipinski definition) is 1. The van der Waals surface area contributed by atoms with Gasteiger partial charge in [-0.2, -0.15) is 0 Å². The average molecular weight is 311 g/mol. The molecule has 1 heterocycles. The number of thiazole rings is 1. The molecule has 17 heavy (non-hydrogen) atoms. The molecule has 0 spiro atoms. The van der Waals surface area contributed by atoms with E-state index in [9.17, 15) is 0 Å². The van der Waals surface area contributed by atoms with Crippen molar-refractivity contribution in [1.29, 1.82) is 0 Å². The third kappa shape index (κ3) is 3.37. The van der Waals surface area contributed by atoms with E-state index in [1.54, 1.807) is 11.3 Å². The number of benzene rings is 1. The Labute approximate surface area is 114 Å². The Morgan fingerprint density at radius 2 is 2.18 bits per heavy atom. The summed E-state index contributed by atoms with van der Waals surface area (Å²) in [6, 6.07) is 8.18. The molecule has 0 unspecified atom stereocenters. The van der Waals surface area contributed by atoms with E-state index < -0.39 is 0 Å². The smallest absolute Gasteiger partial charge is 0.107 e. The summed E-state index contributed by atoms with van der Waals surface area (Å²) in [5.74, 6) is 0. The van der Waals surface area contributed by atoms with Crippen LogP contribution >= 0.6 is 27.3 Å². The van der Waals surface area contributed by atoms with Crippen LogP contribution in [0, 0.1) is 0 Å². The first kappa shape index (κ1) is 12.7. The second-order valence-corrected chi connectivity index (χ2v) is 5.58. The minimum absolute atomic E-state index is 0.864. The molecule has 1 aromatic heterocycles. The maximum Gasteiger partial charge on any atom is 0.107 e.